The smallest absolute Gasteiger partial charge is 0.224 e. The second-order valence-electron chi connectivity index (χ2n) is 7.06. The van der Waals surface area contributed by atoms with Crippen molar-refractivity contribution in [3.8, 4) is 0 Å². The Hall–Kier alpha value is -0.790. The summed E-state index contributed by atoms with van der Waals surface area (Å²) in [6, 6.07) is 0.372. The minimum Gasteiger partial charge on any atom is -0.349 e. The molecule has 3 aliphatic rings. The normalized spacial score (nSPS) is 40.6. The predicted molar refractivity (Wildman–Crippen MR) is 68.4 cm³/mol. The summed E-state index contributed by atoms with van der Waals surface area (Å²) in [5, 5.41) is 3.26. The van der Waals surface area contributed by atoms with E-state index in [-0.39, 0.29) is 17.2 Å². The van der Waals surface area contributed by atoms with Gasteiger partial charge in [-0.2, -0.15) is 0 Å². The highest BCUT2D eigenvalue weighted by molar-refractivity contribution is 5.83. The van der Waals surface area contributed by atoms with Crippen molar-refractivity contribution in [2.75, 3.05) is 0 Å². The quantitative estimate of drug-likeness (QED) is 0.640. The first-order valence-electron chi connectivity index (χ1n) is 6.99. The molecule has 1 heterocycles. The molecule has 0 aromatic rings. The Morgan fingerprint density at radius 1 is 1.35 bits per heavy atom. The molecular formula is C15H23NO. The van der Waals surface area contributed by atoms with Gasteiger partial charge in [0.15, 0.2) is 0 Å². The van der Waals surface area contributed by atoms with Crippen LogP contribution in [0.5, 0.6) is 0 Å². The van der Waals surface area contributed by atoms with Crippen LogP contribution >= 0.6 is 0 Å². The zero-order valence-corrected chi connectivity index (χ0v) is 11.1. The van der Waals surface area contributed by atoms with Gasteiger partial charge < -0.3 is 5.32 Å². The molecule has 0 radical (unpaired) electrons. The lowest BCUT2D eigenvalue weighted by molar-refractivity contribution is -0.126. The molecule has 2 aliphatic carbocycles. The molecule has 4 unspecified atom stereocenters. The van der Waals surface area contributed by atoms with Crippen molar-refractivity contribution >= 4 is 5.91 Å². The summed E-state index contributed by atoms with van der Waals surface area (Å²) in [5.41, 5.74) is 1.65. The van der Waals surface area contributed by atoms with Crippen LogP contribution < -0.4 is 5.32 Å². The maximum atomic E-state index is 12.2. The van der Waals surface area contributed by atoms with E-state index in [1.807, 2.05) is 0 Å². The van der Waals surface area contributed by atoms with E-state index >= 15 is 0 Å². The number of fused-ring (bicyclic) bond motifs is 3. The van der Waals surface area contributed by atoms with Gasteiger partial charge >= 0.3 is 0 Å². The Balaban J connectivity index is 1.92. The first-order chi connectivity index (χ1) is 7.98. The average Bonchev–Trinajstić information content (AvgIpc) is 2.70. The summed E-state index contributed by atoms with van der Waals surface area (Å²) in [7, 11) is 0. The van der Waals surface area contributed by atoms with Crippen molar-refractivity contribution in [3.05, 3.63) is 11.6 Å². The molecule has 3 rings (SSSR count). The highest BCUT2D eigenvalue weighted by Gasteiger charge is 2.54. The van der Waals surface area contributed by atoms with Crippen LogP contribution in [-0.2, 0) is 4.79 Å². The highest BCUT2D eigenvalue weighted by atomic mass is 16.2. The van der Waals surface area contributed by atoms with Crippen LogP contribution in [-0.4, -0.2) is 11.9 Å². The molecule has 17 heavy (non-hydrogen) atoms. The summed E-state index contributed by atoms with van der Waals surface area (Å²) < 4.78 is 0. The van der Waals surface area contributed by atoms with Gasteiger partial charge in [0.1, 0.15) is 0 Å². The lowest BCUT2D eigenvalue weighted by Crippen LogP contribution is -2.33. The SMILES string of the molecule is CC(C)(C)C1C(=O)NC2C3=CCCCC3CC21. The second-order valence-corrected chi connectivity index (χ2v) is 7.06. The maximum absolute atomic E-state index is 12.2. The molecule has 2 nitrogen and oxygen atoms in total. The lowest BCUT2D eigenvalue weighted by Gasteiger charge is -2.29. The first kappa shape index (κ1) is 11.3. The largest absolute Gasteiger partial charge is 0.349 e. The maximum Gasteiger partial charge on any atom is 0.224 e. The topological polar surface area (TPSA) is 29.1 Å². The third-order valence-corrected chi connectivity index (χ3v) is 4.89. The fourth-order valence-corrected chi connectivity index (χ4v) is 4.30. The Morgan fingerprint density at radius 2 is 2.12 bits per heavy atom. The predicted octanol–water partition coefficient (Wildman–Crippen LogP) is 2.89. The third kappa shape index (κ3) is 1.64. The van der Waals surface area contributed by atoms with Gasteiger partial charge in [-0.15, -0.1) is 0 Å². The molecule has 0 bridgehead atoms. The fraction of sp³-hybridized carbons (Fsp3) is 0.800. The van der Waals surface area contributed by atoms with E-state index in [0.29, 0.717) is 12.0 Å². The van der Waals surface area contributed by atoms with Crippen LogP contribution in [0.25, 0.3) is 0 Å². The number of amides is 1. The van der Waals surface area contributed by atoms with E-state index in [4.69, 9.17) is 0 Å². The molecule has 2 fully saturated rings. The van der Waals surface area contributed by atoms with Crippen molar-refractivity contribution in [2.24, 2.45) is 23.2 Å². The Morgan fingerprint density at radius 3 is 2.82 bits per heavy atom. The first-order valence-corrected chi connectivity index (χ1v) is 6.99. The Kier molecular flexibility index (Phi) is 2.39. The van der Waals surface area contributed by atoms with Crippen LogP contribution in [0.15, 0.2) is 11.6 Å². The molecule has 1 saturated carbocycles. The molecule has 1 saturated heterocycles. The monoisotopic (exact) mass is 233 g/mol. The molecular weight excluding hydrogens is 210 g/mol. The summed E-state index contributed by atoms with van der Waals surface area (Å²) in [5.74, 6) is 1.82. The number of carbonyl (C=O) groups is 1. The van der Waals surface area contributed by atoms with Gasteiger partial charge in [0.25, 0.3) is 0 Å². The summed E-state index contributed by atoms with van der Waals surface area (Å²) >= 11 is 0. The molecule has 0 aromatic heterocycles. The molecule has 4 atom stereocenters. The van der Waals surface area contributed by atoms with Gasteiger partial charge in [0.05, 0.1) is 6.04 Å². The van der Waals surface area contributed by atoms with Gasteiger partial charge in [-0.1, -0.05) is 26.8 Å². The van der Waals surface area contributed by atoms with Crippen molar-refractivity contribution in [1.82, 2.24) is 5.32 Å². The fourth-order valence-electron chi connectivity index (χ4n) is 4.30. The molecule has 1 amide bonds. The van der Waals surface area contributed by atoms with Crippen molar-refractivity contribution in [3.63, 3.8) is 0 Å². The van der Waals surface area contributed by atoms with Crippen LogP contribution in [0.4, 0.5) is 0 Å². The average molecular weight is 233 g/mol. The number of hydrogen-bond acceptors (Lipinski definition) is 1. The van der Waals surface area contributed by atoms with E-state index in [1.165, 1.54) is 25.7 Å². The van der Waals surface area contributed by atoms with Gasteiger partial charge in [-0.25, -0.2) is 0 Å². The number of nitrogens with one attached hydrogen (secondary N) is 1. The number of carbonyl (C=O) groups excluding carboxylic acids is 1. The zero-order valence-electron chi connectivity index (χ0n) is 11.1. The van der Waals surface area contributed by atoms with E-state index in [9.17, 15) is 4.79 Å². The molecule has 94 valence electrons. The minimum absolute atomic E-state index is 0.0948. The summed E-state index contributed by atoms with van der Waals surface area (Å²) in [6.45, 7) is 6.61. The Bertz CT molecular complexity index is 377. The van der Waals surface area contributed by atoms with Crippen LogP contribution in [0.3, 0.4) is 0 Å². The zero-order chi connectivity index (χ0) is 12.2. The molecule has 0 spiro atoms. The Labute approximate surface area is 104 Å². The van der Waals surface area contributed by atoms with Crippen LogP contribution in [0.2, 0.25) is 0 Å². The van der Waals surface area contributed by atoms with Crippen molar-refractivity contribution in [1.29, 1.82) is 0 Å². The number of rotatable bonds is 0. The van der Waals surface area contributed by atoms with E-state index in [1.54, 1.807) is 5.57 Å². The van der Waals surface area contributed by atoms with Crippen LogP contribution in [0, 0.1) is 23.2 Å². The molecule has 2 heteroatoms. The van der Waals surface area contributed by atoms with E-state index < -0.39 is 0 Å². The summed E-state index contributed by atoms with van der Waals surface area (Å²) in [4.78, 5) is 12.2. The van der Waals surface area contributed by atoms with E-state index in [0.717, 1.165) is 5.92 Å². The summed E-state index contributed by atoms with van der Waals surface area (Å²) in [6.07, 6.45) is 7.53. The van der Waals surface area contributed by atoms with Crippen molar-refractivity contribution < 1.29 is 4.79 Å². The standard InChI is InChI=1S/C15H23NO/c1-15(2,3)12-11-8-9-6-4-5-7-10(9)13(11)16-14(12)17/h7,9,11-13H,4-6,8H2,1-3H3,(H,16,17). The molecule has 0 aromatic carbocycles. The third-order valence-electron chi connectivity index (χ3n) is 4.89. The van der Waals surface area contributed by atoms with Crippen molar-refractivity contribution in [2.45, 2.75) is 52.5 Å². The highest BCUT2D eigenvalue weighted by Crippen LogP contribution is 2.51. The molecule has 1 N–H and O–H groups in total. The lowest BCUT2D eigenvalue weighted by atomic mass is 9.73. The van der Waals surface area contributed by atoms with Gasteiger partial charge in [-0.3, -0.25) is 4.79 Å². The number of hydrogen-bond donors (Lipinski definition) is 1. The van der Waals surface area contributed by atoms with E-state index in [2.05, 4.69) is 32.2 Å². The number of allylic oxidation sites excluding steroid dienone is 1. The van der Waals surface area contributed by atoms with Gasteiger partial charge in [0.2, 0.25) is 5.91 Å². The van der Waals surface area contributed by atoms with Crippen LogP contribution in [0.1, 0.15) is 46.5 Å². The second kappa shape index (κ2) is 3.60. The van der Waals surface area contributed by atoms with Gasteiger partial charge in [0, 0.05) is 5.92 Å². The molecule has 1 aliphatic heterocycles. The minimum atomic E-state index is 0.0948. The van der Waals surface area contributed by atoms with Gasteiger partial charge in [-0.05, 0) is 48.5 Å².